The predicted molar refractivity (Wildman–Crippen MR) is 113 cm³/mol. The molecule has 7 nitrogen and oxygen atoms in total. The topological polar surface area (TPSA) is 97.6 Å². The number of hydrogen-bond donors (Lipinski definition) is 2. The number of carboxylic acid groups (broad SMARTS) is 1. The minimum Gasteiger partial charge on any atom is -0.480 e. The van der Waals surface area contributed by atoms with Crippen molar-refractivity contribution >= 4 is 23.4 Å². The third kappa shape index (κ3) is 3.99. The lowest BCUT2D eigenvalue weighted by Gasteiger charge is -2.17. The average molecular weight is 424 g/mol. The van der Waals surface area contributed by atoms with Crippen LogP contribution in [0, 0.1) is 0 Å². The fourth-order valence-electron chi connectivity index (χ4n) is 3.76. The summed E-state index contributed by atoms with van der Waals surface area (Å²) >= 11 is 1.04. The van der Waals surface area contributed by atoms with Gasteiger partial charge in [-0.3, -0.25) is 4.79 Å². The van der Waals surface area contributed by atoms with Gasteiger partial charge in [0.1, 0.15) is 12.6 Å². The van der Waals surface area contributed by atoms with E-state index in [9.17, 15) is 19.5 Å². The van der Waals surface area contributed by atoms with Crippen molar-refractivity contribution in [3.8, 4) is 11.1 Å². The van der Waals surface area contributed by atoms with Crippen LogP contribution in [0.3, 0.4) is 0 Å². The summed E-state index contributed by atoms with van der Waals surface area (Å²) in [6.45, 7) is 0.305. The molecule has 154 valence electrons. The number of benzene rings is 2. The number of fused-ring (bicyclic) bond motifs is 3. The lowest BCUT2D eigenvalue weighted by atomic mass is 9.98. The number of amides is 1. The molecule has 1 unspecified atom stereocenters. The minimum atomic E-state index is -1.17. The number of rotatable bonds is 7. The molecule has 30 heavy (non-hydrogen) atoms. The molecule has 0 radical (unpaired) electrons. The third-order valence-electron chi connectivity index (χ3n) is 5.24. The van der Waals surface area contributed by atoms with E-state index in [2.05, 4.69) is 5.32 Å². The highest BCUT2D eigenvalue weighted by atomic mass is 32.1. The molecule has 2 N–H and O–H groups in total. The molecule has 1 atom stereocenters. The van der Waals surface area contributed by atoms with E-state index in [1.54, 1.807) is 11.6 Å². The number of aromatic nitrogens is 1. The Morgan fingerprint density at radius 3 is 2.30 bits per heavy atom. The summed E-state index contributed by atoms with van der Waals surface area (Å²) in [7, 11) is 0. The molecule has 8 heteroatoms. The van der Waals surface area contributed by atoms with E-state index in [0.29, 0.717) is 0 Å². The highest BCUT2D eigenvalue weighted by Crippen LogP contribution is 2.44. The van der Waals surface area contributed by atoms with E-state index in [0.717, 1.165) is 33.6 Å². The van der Waals surface area contributed by atoms with Gasteiger partial charge in [0.2, 0.25) is 0 Å². The number of carbonyl (C=O) groups excluding carboxylic acids is 1. The molecule has 1 heterocycles. The Kier molecular flexibility index (Phi) is 5.67. The van der Waals surface area contributed by atoms with Gasteiger partial charge in [-0.25, -0.2) is 9.59 Å². The molecule has 0 saturated carbocycles. The Morgan fingerprint density at radius 2 is 1.73 bits per heavy atom. The van der Waals surface area contributed by atoms with Gasteiger partial charge in [-0.05, 0) is 28.7 Å². The van der Waals surface area contributed by atoms with Crippen LogP contribution in [0.5, 0.6) is 0 Å². The predicted octanol–water partition coefficient (Wildman–Crippen LogP) is 3.29. The SMILES string of the molecule is O=C(NC(CCn1ccsc1=O)C(=O)O)OCC1c2ccccc2-c2ccccc21. The lowest BCUT2D eigenvalue weighted by molar-refractivity contribution is -0.139. The summed E-state index contributed by atoms with van der Waals surface area (Å²) < 4.78 is 6.82. The first-order chi connectivity index (χ1) is 14.5. The molecular formula is C22H20N2O5S. The number of aryl methyl sites for hydroxylation is 1. The Bertz CT molecular complexity index is 1090. The van der Waals surface area contributed by atoms with Crippen molar-refractivity contribution in [3.63, 3.8) is 0 Å². The number of alkyl carbamates (subject to hydrolysis) is 1. The van der Waals surface area contributed by atoms with Crippen molar-refractivity contribution in [1.29, 1.82) is 0 Å². The number of nitrogens with zero attached hydrogens (tertiary/aromatic N) is 1. The van der Waals surface area contributed by atoms with Gasteiger partial charge in [0.15, 0.2) is 0 Å². The van der Waals surface area contributed by atoms with Crippen molar-refractivity contribution in [3.05, 3.63) is 80.9 Å². The summed E-state index contributed by atoms with van der Waals surface area (Å²) in [5.41, 5.74) is 4.40. The summed E-state index contributed by atoms with van der Waals surface area (Å²) in [5.74, 6) is -1.28. The number of ether oxygens (including phenoxy) is 1. The molecule has 4 rings (SSSR count). The lowest BCUT2D eigenvalue weighted by Crippen LogP contribution is -2.42. The maximum atomic E-state index is 12.3. The Balaban J connectivity index is 1.40. The minimum absolute atomic E-state index is 0.0795. The molecule has 0 spiro atoms. The van der Waals surface area contributed by atoms with Crippen LogP contribution in [0.25, 0.3) is 11.1 Å². The number of nitrogens with one attached hydrogen (secondary N) is 1. The highest BCUT2D eigenvalue weighted by molar-refractivity contribution is 7.07. The molecule has 1 aromatic heterocycles. The standard InChI is InChI=1S/C22H20N2O5S/c25-20(26)19(9-10-24-11-12-30-22(24)28)23-21(27)29-13-18-16-7-3-1-5-14(16)15-6-2-4-8-17(15)18/h1-8,11-12,18-19H,9-10,13H2,(H,23,27)(H,25,26). The number of thiazole rings is 1. The van der Waals surface area contributed by atoms with Crippen LogP contribution in [0.1, 0.15) is 23.5 Å². The monoisotopic (exact) mass is 424 g/mol. The van der Waals surface area contributed by atoms with Crippen LogP contribution in [-0.2, 0) is 16.1 Å². The van der Waals surface area contributed by atoms with Crippen LogP contribution in [0.2, 0.25) is 0 Å². The largest absolute Gasteiger partial charge is 0.480 e. The van der Waals surface area contributed by atoms with Gasteiger partial charge in [0, 0.05) is 24.0 Å². The van der Waals surface area contributed by atoms with E-state index < -0.39 is 18.1 Å². The second-order valence-corrected chi connectivity index (χ2v) is 7.87. The summed E-state index contributed by atoms with van der Waals surface area (Å²) in [6.07, 6.45) is 0.886. The maximum absolute atomic E-state index is 12.3. The van der Waals surface area contributed by atoms with Gasteiger partial charge in [0.25, 0.3) is 0 Å². The van der Waals surface area contributed by atoms with Crippen molar-refractivity contribution < 1.29 is 19.4 Å². The zero-order valence-corrected chi connectivity index (χ0v) is 16.8. The van der Waals surface area contributed by atoms with Crippen LogP contribution < -0.4 is 10.2 Å². The van der Waals surface area contributed by atoms with Crippen molar-refractivity contribution in [1.82, 2.24) is 9.88 Å². The van der Waals surface area contributed by atoms with Gasteiger partial charge < -0.3 is 19.7 Å². The van der Waals surface area contributed by atoms with Gasteiger partial charge in [-0.15, -0.1) is 0 Å². The van der Waals surface area contributed by atoms with E-state index in [1.165, 1.54) is 4.57 Å². The van der Waals surface area contributed by atoms with E-state index in [-0.39, 0.29) is 30.4 Å². The first-order valence-electron chi connectivity index (χ1n) is 9.53. The smallest absolute Gasteiger partial charge is 0.407 e. The summed E-state index contributed by atoms with van der Waals surface area (Å²) in [6, 6.07) is 14.8. The first-order valence-corrected chi connectivity index (χ1v) is 10.4. The van der Waals surface area contributed by atoms with Gasteiger partial charge in [0.05, 0.1) is 0 Å². The molecule has 1 amide bonds. The molecule has 0 aliphatic heterocycles. The van der Waals surface area contributed by atoms with Gasteiger partial charge in [-0.1, -0.05) is 59.9 Å². The van der Waals surface area contributed by atoms with Crippen LogP contribution in [-0.4, -0.2) is 34.4 Å². The maximum Gasteiger partial charge on any atom is 0.407 e. The number of carbonyl (C=O) groups is 2. The third-order valence-corrected chi connectivity index (χ3v) is 5.93. The zero-order chi connectivity index (χ0) is 21.1. The Hall–Kier alpha value is -3.39. The van der Waals surface area contributed by atoms with Crippen molar-refractivity contribution in [2.75, 3.05) is 6.61 Å². The van der Waals surface area contributed by atoms with Crippen LogP contribution >= 0.6 is 11.3 Å². The molecule has 1 aliphatic carbocycles. The highest BCUT2D eigenvalue weighted by Gasteiger charge is 2.29. The van der Waals surface area contributed by atoms with E-state index in [1.807, 2.05) is 48.5 Å². The molecule has 2 aromatic carbocycles. The number of aliphatic carboxylic acids is 1. The first kappa shape index (κ1) is 19.9. The molecule has 1 aliphatic rings. The Labute approximate surface area is 176 Å². The van der Waals surface area contributed by atoms with Crippen molar-refractivity contribution in [2.45, 2.75) is 24.9 Å². The fraction of sp³-hybridized carbons (Fsp3) is 0.227. The van der Waals surface area contributed by atoms with E-state index >= 15 is 0 Å². The number of hydrogen-bond acceptors (Lipinski definition) is 5. The van der Waals surface area contributed by atoms with E-state index in [4.69, 9.17) is 4.74 Å². The molecule has 0 bridgehead atoms. The molecule has 0 saturated heterocycles. The van der Waals surface area contributed by atoms with Crippen molar-refractivity contribution in [2.24, 2.45) is 0 Å². The second kappa shape index (κ2) is 8.54. The van der Waals surface area contributed by atoms with Crippen LogP contribution in [0.4, 0.5) is 4.79 Å². The van der Waals surface area contributed by atoms with Crippen LogP contribution in [0.15, 0.2) is 64.9 Å². The fourth-order valence-corrected chi connectivity index (χ4v) is 4.38. The number of carboxylic acids is 1. The quantitative estimate of drug-likeness (QED) is 0.607. The Morgan fingerprint density at radius 1 is 1.10 bits per heavy atom. The molecule has 3 aromatic rings. The summed E-state index contributed by atoms with van der Waals surface area (Å²) in [4.78, 5) is 35.2. The molecule has 0 fully saturated rings. The molecular weight excluding hydrogens is 404 g/mol. The average Bonchev–Trinajstić information content (AvgIpc) is 3.30. The second-order valence-electron chi connectivity index (χ2n) is 7.01. The zero-order valence-electron chi connectivity index (χ0n) is 16.0. The summed E-state index contributed by atoms with van der Waals surface area (Å²) in [5, 5.41) is 13.4. The normalized spacial score (nSPS) is 13.3. The van der Waals surface area contributed by atoms with Gasteiger partial charge >= 0.3 is 16.9 Å². The van der Waals surface area contributed by atoms with Gasteiger partial charge in [-0.2, -0.15) is 0 Å².